The van der Waals surface area contributed by atoms with Gasteiger partial charge in [0.1, 0.15) is 18.5 Å². The minimum Gasteiger partial charge on any atom is -0.491 e. The third-order valence-corrected chi connectivity index (χ3v) is 3.26. The van der Waals surface area contributed by atoms with Crippen LogP contribution in [0.15, 0.2) is 24.3 Å². The van der Waals surface area contributed by atoms with E-state index in [4.69, 9.17) is 9.47 Å². The van der Waals surface area contributed by atoms with Gasteiger partial charge in [-0.1, -0.05) is 17.7 Å². The number of β-amino-alcohol motifs (C(OH)–C–C–N with tert-alkyl or cyclic N) is 1. The quantitative estimate of drug-likeness (QED) is 0.875. The number of ether oxygens (including phenoxy) is 2. The average Bonchev–Trinajstić information content (AvgIpc) is 2.38. The van der Waals surface area contributed by atoms with E-state index in [2.05, 4.69) is 11.8 Å². The molecule has 106 valence electrons. The number of hydrogen-bond donors (Lipinski definition) is 1. The molecule has 1 saturated heterocycles. The maximum absolute atomic E-state index is 10.00. The molecular weight excluding hydrogens is 242 g/mol. The van der Waals surface area contributed by atoms with E-state index in [1.54, 1.807) is 0 Å². The molecule has 0 aliphatic carbocycles. The van der Waals surface area contributed by atoms with Crippen molar-refractivity contribution in [2.45, 2.75) is 26.1 Å². The SMILES string of the molecule is Cc1ccc(OC[C@@H](O)CN2CCO[C@@H](C)C2)cc1. The van der Waals surface area contributed by atoms with Gasteiger partial charge in [0.25, 0.3) is 0 Å². The van der Waals surface area contributed by atoms with Gasteiger partial charge in [-0.2, -0.15) is 0 Å². The molecule has 2 atom stereocenters. The Morgan fingerprint density at radius 2 is 2.16 bits per heavy atom. The summed E-state index contributed by atoms with van der Waals surface area (Å²) in [5.41, 5.74) is 1.20. The summed E-state index contributed by atoms with van der Waals surface area (Å²) in [5.74, 6) is 0.806. The molecule has 0 amide bonds. The largest absolute Gasteiger partial charge is 0.491 e. The first-order chi connectivity index (χ1) is 9.13. The van der Waals surface area contributed by atoms with Crippen LogP contribution in [-0.4, -0.2) is 55.1 Å². The standard InChI is InChI=1S/C15H23NO3/c1-12-3-5-15(6-4-12)19-11-14(17)10-16-7-8-18-13(2)9-16/h3-6,13-14,17H,7-11H2,1-2H3/t13-,14-/m0/s1. The molecule has 0 radical (unpaired) electrons. The number of hydrogen-bond acceptors (Lipinski definition) is 4. The number of nitrogens with zero attached hydrogens (tertiary/aromatic N) is 1. The second-order valence-corrected chi connectivity index (χ2v) is 5.22. The highest BCUT2D eigenvalue weighted by Crippen LogP contribution is 2.12. The monoisotopic (exact) mass is 265 g/mol. The highest BCUT2D eigenvalue weighted by Gasteiger charge is 2.19. The molecule has 1 aromatic rings. The van der Waals surface area contributed by atoms with Crippen molar-refractivity contribution >= 4 is 0 Å². The zero-order valence-corrected chi connectivity index (χ0v) is 11.7. The third-order valence-electron chi connectivity index (χ3n) is 3.26. The van der Waals surface area contributed by atoms with Crippen LogP contribution in [0.5, 0.6) is 5.75 Å². The highest BCUT2D eigenvalue weighted by atomic mass is 16.5. The Morgan fingerprint density at radius 3 is 2.84 bits per heavy atom. The molecule has 2 rings (SSSR count). The van der Waals surface area contributed by atoms with E-state index in [1.807, 2.05) is 31.2 Å². The summed E-state index contributed by atoms with van der Waals surface area (Å²) < 4.78 is 11.1. The number of aliphatic hydroxyl groups excluding tert-OH is 1. The lowest BCUT2D eigenvalue weighted by molar-refractivity contribution is -0.0361. The highest BCUT2D eigenvalue weighted by molar-refractivity contribution is 5.26. The second-order valence-electron chi connectivity index (χ2n) is 5.22. The zero-order chi connectivity index (χ0) is 13.7. The van der Waals surface area contributed by atoms with Crippen LogP contribution in [0.1, 0.15) is 12.5 Å². The molecule has 19 heavy (non-hydrogen) atoms. The normalized spacial score (nSPS) is 22.2. The van der Waals surface area contributed by atoms with Crippen molar-refractivity contribution in [3.63, 3.8) is 0 Å². The van der Waals surface area contributed by atoms with Crippen LogP contribution in [0, 0.1) is 6.92 Å². The Morgan fingerprint density at radius 1 is 1.42 bits per heavy atom. The van der Waals surface area contributed by atoms with Crippen molar-refractivity contribution in [3.8, 4) is 5.75 Å². The first-order valence-electron chi connectivity index (χ1n) is 6.85. The maximum atomic E-state index is 10.00. The Bertz CT molecular complexity index is 379. The summed E-state index contributed by atoms with van der Waals surface area (Å²) in [4.78, 5) is 2.22. The van der Waals surface area contributed by atoms with E-state index >= 15 is 0 Å². The molecule has 1 aliphatic rings. The molecule has 0 spiro atoms. The molecule has 1 N–H and O–H groups in total. The fourth-order valence-electron chi connectivity index (χ4n) is 2.23. The Hall–Kier alpha value is -1.10. The van der Waals surface area contributed by atoms with Gasteiger partial charge in [0.2, 0.25) is 0 Å². The topological polar surface area (TPSA) is 41.9 Å². The van der Waals surface area contributed by atoms with Gasteiger partial charge in [-0.05, 0) is 26.0 Å². The van der Waals surface area contributed by atoms with Gasteiger partial charge < -0.3 is 14.6 Å². The fourth-order valence-corrected chi connectivity index (χ4v) is 2.23. The Kier molecular flexibility index (Phi) is 5.19. The van der Waals surface area contributed by atoms with Crippen molar-refractivity contribution in [2.24, 2.45) is 0 Å². The summed E-state index contributed by atoms with van der Waals surface area (Å²) in [6.07, 6.45) is -0.217. The van der Waals surface area contributed by atoms with Gasteiger partial charge in [-0.15, -0.1) is 0 Å². The van der Waals surface area contributed by atoms with Crippen LogP contribution in [0.2, 0.25) is 0 Å². The maximum Gasteiger partial charge on any atom is 0.119 e. The predicted molar refractivity (Wildman–Crippen MR) is 74.5 cm³/mol. The molecule has 1 fully saturated rings. The number of aryl methyl sites for hydroxylation is 1. The van der Waals surface area contributed by atoms with E-state index in [-0.39, 0.29) is 6.10 Å². The lowest BCUT2D eigenvalue weighted by Crippen LogP contribution is -2.45. The molecule has 1 aromatic carbocycles. The van der Waals surface area contributed by atoms with Gasteiger partial charge in [0.05, 0.1) is 12.7 Å². The molecule has 4 nitrogen and oxygen atoms in total. The van der Waals surface area contributed by atoms with Crippen LogP contribution < -0.4 is 4.74 Å². The van der Waals surface area contributed by atoms with Gasteiger partial charge in [-0.25, -0.2) is 0 Å². The first-order valence-corrected chi connectivity index (χ1v) is 6.85. The third kappa shape index (κ3) is 4.82. The summed E-state index contributed by atoms with van der Waals surface area (Å²) >= 11 is 0. The lowest BCUT2D eigenvalue weighted by Gasteiger charge is -2.32. The van der Waals surface area contributed by atoms with E-state index in [0.29, 0.717) is 13.2 Å². The number of rotatable bonds is 5. The van der Waals surface area contributed by atoms with Crippen LogP contribution >= 0.6 is 0 Å². The van der Waals surface area contributed by atoms with Gasteiger partial charge in [0, 0.05) is 19.6 Å². The van der Waals surface area contributed by atoms with Crippen molar-refractivity contribution in [1.29, 1.82) is 0 Å². The summed E-state index contributed by atoms with van der Waals surface area (Å²) in [6.45, 7) is 7.56. The van der Waals surface area contributed by atoms with E-state index in [1.165, 1.54) is 5.56 Å². The van der Waals surface area contributed by atoms with Crippen molar-refractivity contribution in [1.82, 2.24) is 4.90 Å². The molecule has 0 aromatic heterocycles. The van der Waals surface area contributed by atoms with Crippen molar-refractivity contribution in [2.75, 3.05) is 32.8 Å². The molecule has 1 aliphatic heterocycles. The number of aliphatic hydroxyl groups is 1. The predicted octanol–water partition coefficient (Wildman–Crippen LogP) is 1.46. The fraction of sp³-hybridized carbons (Fsp3) is 0.600. The zero-order valence-electron chi connectivity index (χ0n) is 11.7. The summed E-state index contributed by atoms with van der Waals surface area (Å²) in [7, 11) is 0. The molecule has 0 saturated carbocycles. The smallest absolute Gasteiger partial charge is 0.119 e. The van der Waals surface area contributed by atoms with E-state index in [9.17, 15) is 5.11 Å². The minimum absolute atomic E-state index is 0.249. The van der Waals surface area contributed by atoms with Crippen molar-refractivity contribution < 1.29 is 14.6 Å². The van der Waals surface area contributed by atoms with Gasteiger partial charge in [-0.3, -0.25) is 4.90 Å². The van der Waals surface area contributed by atoms with Crippen LogP contribution in [0.4, 0.5) is 0 Å². The Balaban J connectivity index is 1.72. The minimum atomic E-state index is -0.466. The molecular formula is C15H23NO3. The second kappa shape index (κ2) is 6.89. The molecule has 4 heteroatoms. The van der Waals surface area contributed by atoms with Crippen LogP contribution in [0.25, 0.3) is 0 Å². The number of morpholine rings is 1. The van der Waals surface area contributed by atoms with E-state index < -0.39 is 6.10 Å². The number of benzene rings is 1. The van der Waals surface area contributed by atoms with Crippen molar-refractivity contribution in [3.05, 3.63) is 29.8 Å². The lowest BCUT2D eigenvalue weighted by atomic mass is 10.2. The van der Waals surface area contributed by atoms with Crippen LogP contribution in [0.3, 0.4) is 0 Å². The average molecular weight is 265 g/mol. The van der Waals surface area contributed by atoms with Crippen LogP contribution in [-0.2, 0) is 4.74 Å². The molecule has 1 heterocycles. The van der Waals surface area contributed by atoms with Gasteiger partial charge >= 0.3 is 0 Å². The summed E-state index contributed by atoms with van der Waals surface area (Å²) in [5, 5.41) is 10.00. The van der Waals surface area contributed by atoms with Gasteiger partial charge in [0.15, 0.2) is 0 Å². The van der Waals surface area contributed by atoms with E-state index in [0.717, 1.165) is 25.4 Å². The molecule has 0 bridgehead atoms. The first kappa shape index (κ1) is 14.3. The summed E-state index contributed by atoms with van der Waals surface area (Å²) in [6, 6.07) is 7.87. The Labute approximate surface area is 114 Å². The molecule has 0 unspecified atom stereocenters.